The highest BCUT2D eigenvalue weighted by Crippen LogP contribution is 2.44. The van der Waals surface area contributed by atoms with Crippen molar-refractivity contribution < 1.29 is 19.7 Å². The Morgan fingerprint density at radius 1 is 0.818 bits per heavy atom. The number of fused-ring (bicyclic) bond motifs is 1. The van der Waals surface area contributed by atoms with Crippen LogP contribution in [0.2, 0.25) is 0 Å². The van der Waals surface area contributed by atoms with Crippen LogP contribution in [0.4, 0.5) is 0 Å². The lowest BCUT2D eigenvalue weighted by molar-refractivity contribution is 0.283. The minimum atomic E-state index is -1.27. The van der Waals surface area contributed by atoms with Crippen molar-refractivity contribution in [2.75, 3.05) is 7.11 Å². The fourth-order valence-electron chi connectivity index (χ4n) is 5.32. The molecule has 44 heavy (non-hydrogen) atoms. The summed E-state index contributed by atoms with van der Waals surface area (Å²) in [4.78, 5) is 27.4. The molecule has 0 saturated heterocycles. The standard InChI is InChI=1S/C31H29BrN4O6S2/c1-33-26(37)23(27(38)34(2)30(33)43)22(24-28(39)35(3)31(44)36(4)29(24)40)18-13-20(32)25(21(14-18)41-5)42-15-17-11-8-10-16-9-6-7-12-19(16)17/h6-14,22,37,39H,15H2,1-5H3. The van der Waals surface area contributed by atoms with Gasteiger partial charge in [0.15, 0.2) is 21.0 Å². The van der Waals surface area contributed by atoms with Gasteiger partial charge in [-0.2, -0.15) is 0 Å². The number of hydrogen-bond acceptors (Lipinski definition) is 8. The third-order valence-corrected chi connectivity index (χ3v) is 9.43. The van der Waals surface area contributed by atoms with E-state index in [0.29, 0.717) is 21.5 Å². The maximum absolute atomic E-state index is 13.7. The topological polar surface area (TPSA) is 113 Å². The number of rotatable bonds is 7. The summed E-state index contributed by atoms with van der Waals surface area (Å²) in [7, 11) is 7.41. The van der Waals surface area contributed by atoms with Crippen LogP contribution in [-0.4, -0.2) is 35.6 Å². The van der Waals surface area contributed by atoms with E-state index in [1.165, 1.54) is 53.6 Å². The Kier molecular flexibility index (Phi) is 8.56. The van der Waals surface area contributed by atoms with Gasteiger partial charge in [0, 0.05) is 28.2 Å². The maximum atomic E-state index is 13.7. The first-order chi connectivity index (χ1) is 20.9. The van der Waals surface area contributed by atoms with Crippen molar-refractivity contribution in [1.29, 1.82) is 0 Å². The van der Waals surface area contributed by atoms with E-state index >= 15 is 0 Å². The first-order valence-corrected chi connectivity index (χ1v) is 14.9. The molecule has 5 rings (SSSR count). The van der Waals surface area contributed by atoms with E-state index in [1.807, 2.05) is 42.5 Å². The Bertz CT molecular complexity index is 2110. The minimum absolute atomic E-state index is 0.0644. The van der Waals surface area contributed by atoms with Crippen molar-refractivity contribution in [2.24, 2.45) is 28.2 Å². The minimum Gasteiger partial charge on any atom is -0.494 e. The summed E-state index contributed by atoms with van der Waals surface area (Å²) in [6.07, 6.45) is 0. The zero-order valence-electron chi connectivity index (χ0n) is 24.5. The molecule has 0 aliphatic rings. The second-order valence-corrected chi connectivity index (χ2v) is 11.9. The van der Waals surface area contributed by atoms with Gasteiger partial charge in [0.05, 0.1) is 28.6 Å². The van der Waals surface area contributed by atoms with E-state index in [-0.39, 0.29) is 27.3 Å². The molecular weight excluding hydrogens is 668 g/mol. The Morgan fingerprint density at radius 3 is 1.93 bits per heavy atom. The van der Waals surface area contributed by atoms with Gasteiger partial charge in [-0.3, -0.25) is 27.9 Å². The summed E-state index contributed by atoms with van der Waals surface area (Å²) in [6, 6.07) is 17.2. The highest BCUT2D eigenvalue weighted by atomic mass is 79.9. The molecule has 2 N–H and O–H groups in total. The summed E-state index contributed by atoms with van der Waals surface area (Å²) >= 11 is 14.2. The first kappa shape index (κ1) is 31.2. The van der Waals surface area contributed by atoms with E-state index in [4.69, 9.17) is 33.9 Å². The molecule has 0 saturated carbocycles. The summed E-state index contributed by atoms with van der Waals surface area (Å²) < 4.78 is 17.5. The van der Waals surface area contributed by atoms with E-state index < -0.39 is 28.8 Å². The molecule has 2 heterocycles. The average Bonchev–Trinajstić information content (AvgIpc) is 3.03. The van der Waals surface area contributed by atoms with Gasteiger partial charge in [0.25, 0.3) is 11.1 Å². The lowest BCUT2D eigenvalue weighted by atomic mass is 9.86. The summed E-state index contributed by atoms with van der Waals surface area (Å²) in [5, 5.41) is 24.7. The second-order valence-electron chi connectivity index (χ2n) is 10.3. The van der Waals surface area contributed by atoms with Crippen LogP contribution in [0, 0.1) is 9.54 Å². The molecule has 0 amide bonds. The molecule has 10 nitrogen and oxygen atoms in total. The number of nitrogens with zero attached hydrogens (tertiary/aromatic N) is 4. The van der Waals surface area contributed by atoms with Crippen LogP contribution < -0.4 is 20.6 Å². The van der Waals surface area contributed by atoms with Crippen LogP contribution in [0.15, 0.2) is 68.7 Å². The lowest BCUT2D eigenvalue weighted by Gasteiger charge is -2.24. The highest BCUT2D eigenvalue weighted by Gasteiger charge is 2.33. The second kappa shape index (κ2) is 12.1. The average molecular weight is 698 g/mol. The number of hydrogen-bond donors (Lipinski definition) is 2. The first-order valence-electron chi connectivity index (χ1n) is 13.3. The van der Waals surface area contributed by atoms with Gasteiger partial charge in [-0.15, -0.1) is 0 Å². The monoisotopic (exact) mass is 696 g/mol. The number of aromatic hydroxyl groups is 2. The molecule has 228 valence electrons. The zero-order valence-corrected chi connectivity index (χ0v) is 27.7. The predicted molar refractivity (Wildman–Crippen MR) is 176 cm³/mol. The van der Waals surface area contributed by atoms with Crippen LogP contribution in [-0.2, 0) is 34.8 Å². The molecule has 0 atom stereocenters. The lowest BCUT2D eigenvalue weighted by Crippen LogP contribution is -2.33. The Balaban J connectivity index is 1.75. The van der Waals surface area contributed by atoms with Gasteiger partial charge in [-0.25, -0.2) is 0 Å². The molecule has 0 spiro atoms. The van der Waals surface area contributed by atoms with Gasteiger partial charge in [-0.1, -0.05) is 42.5 Å². The van der Waals surface area contributed by atoms with Gasteiger partial charge in [-0.05, 0) is 74.4 Å². The maximum Gasteiger partial charge on any atom is 0.262 e. The number of ether oxygens (including phenoxy) is 2. The van der Waals surface area contributed by atoms with Crippen molar-refractivity contribution in [1.82, 2.24) is 18.3 Å². The van der Waals surface area contributed by atoms with Crippen molar-refractivity contribution in [3.63, 3.8) is 0 Å². The molecule has 0 radical (unpaired) electrons. The van der Waals surface area contributed by atoms with Crippen LogP contribution >= 0.6 is 40.4 Å². The molecule has 0 bridgehead atoms. The number of halogens is 1. The third-order valence-electron chi connectivity index (χ3n) is 7.75. The highest BCUT2D eigenvalue weighted by molar-refractivity contribution is 9.10. The molecular formula is C31H29BrN4O6S2. The van der Waals surface area contributed by atoms with Crippen LogP contribution in [0.3, 0.4) is 0 Å². The Hall–Kier alpha value is -4.20. The quantitative estimate of drug-likeness (QED) is 0.220. The summed E-state index contributed by atoms with van der Waals surface area (Å²) in [5.41, 5.74) is -0.325. The number of methoxy groups -OCH3 is 1. The summed E-state index contributed by atoms with van der Waals surface area (Å²) in [5.74, 6) is -1.51. The number of aromatic nitrogens is 4. The fraction of sp³-hybridized carbons (Fsp3) is 0.226. The van der Waals surface area contributed by atoms with Crippen molar-refractivity contribution in [3.8, 4) is 23.3 Å². The molecule has 0 unspecified atom stereocenters. The SMILES string of the molecule is COc1cc(C(c2c(O)n(C)c(=S)n(C)c2=O)c2c(O)n(C)c(=S)n(C)c2=O)cc(Br)c1OCc1cccc2ccccc12. The van der Waals surface area contributed by atoms with Gasteiger partial charge < -0.3 is 19.7 Å². The molecule has 0 fully saturated rings. The predicted octanol–water partition coefficient (Wildman–Crippen LogP) is 5.31. The Labute approximate surface area is 270 Å². The fourth-order valence-corrected chi connectivity index (χ4v) is 6.23. The molecule has 3 aromatic carbocycles. The van der Waals surface area contributed by atoms with Crippen molar-refractivity contribution in [3.05, 3.63) is 112 Å². The van der Waals surface area contributed by atoms with E-state index in [2.05, 4.69) is 15.9 Å². The van der Waals surface area contributed by atoms with Crippen LogP contribution in [0.25, 0.3) is 10.8 Å². The van der Waals surface area contributed by atoms with Gasteiger partial charge >= 0.3 is 0 Å². The molecule has 5 aromatic rings. The molecule has 2 aromatic heterocycles. The van der Waals surface area contributed by atoms with E-state index in [9.17, 15) is 19.8 Å². The van der Waals surface area contributed by atoms with Gasteiger partial charge in [0.1, 0.15) is 6.61 Å². The largest absolute Gasteiger partial charge is 0.494 e. The third kappa shape index (κ3) is 5.14. The molecule has 13 heteroatoms. The molecule has 0 aliphatic carbocycles. The number of benzene rings is 3. The van der Waals surface area contributed by atoms with Crippen LogP contribution in [0.1, 0.15) is 28.2 Å². The molecule has 0 aliphatic heterocycles. The van der Waals surface area contributed by atoms with Crippen LogP contribution in [0.5, 0.6) is 23.3 Å². The van der Waals surface area contributed by atoms with E-state index in [1.54, 1.807) is 12.1 Å². The van der Waals surface area contributed by atoms with Gasteiger partial charge in [0.2, 0.25) is 11.8 Å². The zero-order chi connectivity index (χ0) is 32.0. The van der Waals surface area contributed by atoms with Crippen molar-refractivity contribution in [2.45, 2.75) is 12.5 Å². The van der Waals surface area contributed by atoms with E-state index in [0.717, 1.165) is 16.3 Å². The Morgan fingerprint density at radius 2 is 1.36 bits per heavy atom. The van der Waals surface area contributed by atoms with Crippen molar-refractivity contribution >= 4 is 51.1 Å². The normalized spacial score (nSPS) is 11.3. The smallest absolute Gasteiger partial charge is 0.262 e. The summed E-state index contributed by atoms with van der Waals surface area (Å²) in [6.45, 7) is 0.230.